The highest BCUT2D eigenvalue weighted by atomic mass is 28.3. The first-order valence-corrected chi connectivity index (χ1v) is 10.8. The number of benzene rings is 1. The monoisotopic (exact) mass is 277 g/mol. The van der Waals surface area contributed by atoms with E-state index in [9.17, 15) is 0 Å². The van der Waals surface area contributed by atoms with Crippen molar-refractivity contribution >= 4 is 13.3 Å². The van der Waals surface area contributed by atoms with E-state index in [2.05, 4.69) is 56.1 Å². The molecule has 1 saturated heterocycles. The predicted molar refractivity (Wildman–Crippen MR) is 84.7 cm³/mol. The van der Waals surface area contributed by atoms with Crippen molar-refractivity contribution in [2.75, 3.05) is 13.2 Å². The van der Waals surface area contributed by atoms with Crippen LogP contribution in [0, 0.1) is 0 Å². The summed E-state index contributed by atoms with van der Waals surface area (Å²) >= 11 is 0. The van der Waals surface area contributed by atoms with Gasteiger partial charge >= 0.3 is 0 Å². The second-order valence-electron chi connectivity index (χ2n) is 6.95. The fourth-order valence-electron chi connectivity index (χ4n) is 2.57. The van der Waals surface area contributed by atoms with Crippen LogP contribution in [0.3, 0.4) is 0 Å². The topological polar surface area (TPSA) is 21.3 Å². The smallest absolute Gasteiger partial charge is 0.0779 e. The van der Waals surface area contributed by atoms with Crippen LogP contribution in [-0.2, 0) is 11.3 Å². The summed E-state index contributed by atoms with van der Waals surface area (Å²) in [7, 11) is -1.16. The van der Waals surface area contributed by atoms with Crippen LogP contribution in [-0.4, -0.2) is 26.8 Å². The normalized spacial score (nSPS) is 23.8. The zero-order chi connectivity index (χ0) is 13.9. The lowest BCUT2D eigenvalue weighted by molar-refractivity contribution is 0.0207. The minimum absolute atomic E-state index is 0.0538. The van der Waals surface area contributed by atoms with Crippen molar-refractivity contribution in [1.29, 1.82) is 0 Å². The van der Waals surface area contributed by atoms with Crippen molar-refractivity contribution < 1.29 is 4.74 Å². The van der Waals surface area contributed by atoms with E-state index in [0.717, 1.165) is 19.7 Å². The van der Waals surface area contributed by atoms with Crippen molar-refractivity contribution in [1.82, 2.24) is 5.32 Å². The Morgan fingerprint density at radius 2 is 1.89 bits per heavy atom. The Labute approximate surface area is 118 Å². The standard InChI is InChI=1S/C16H27NOSi/c1-16(10-5-11-18-16)13-17-12-14-6-8-15(9-7-14)19(2,3)4/h6-9,17H,5,10-13H2,1-4H3. The Hall–Kier alpha value is -0.643. The van der Waals surface area contributed by atoms with Crippen molar-refractivity contribution in [3.05, 3.63) is 29.8 Å². The van der Waals surface area contributed by atoms with Crippen molar-refractivity contribution in [3.8, 4) is 0 Å². The van der Waals surface area contributed by atoms with Crippen LogP contribution in [0.2, 0.25) is 19.6 Å². The molecule has 0 aliphatic carbocycles. The minimum atomic E-state index is -1.16. The largest absolute Gasteiger partial charge is 0.374 e. The van der Waals surface area contributed by atoms with Crippen LogP contribution in [0.5, 0.6) is 0 Å². The van der Waals surface area contributed by atoms with E-state index in [4.69, 9.17) is 4.74 Å². The molecule has 1 aromatic rings. The van der Waals surface area contributed by atoms with Crippen molar-refractivity contribution in [2.24, 2.45) is 0 Å². The van der Waals surface area contributed by atoms with E-state index >= 15 is 0 Å². The fraction of sp³-hybridized carbons (Fsp3) is 0.625. The molecule has 0 bridgehead atoms. The summed E-state index contributed by atoms with van der Waals surface area (Å²) in [6.45, 7) is 12.2. The molecule has 3 heteroatoms. The first-order chi connectivity index (χ1) is 8.89. The maximum absolute atomic E-state index is 5.79. The van der Waals surface area contributed by atoms with E-state index in [1.807, 2.05) is 0 Å². The fourth-order valence-corrected chi connectivity index (χ4v) is 3.74. The number of rotatable bonds is 5. The van der Waals surface area contributed by atoms with Gasteiger partial charge in [0.25, 0.3) is 0 Å². The lowest BCUT2D eigenvalue weighted by Crippen LogP contribution is -2.38. The van der Waals surface area contributed by atoms with E-state index in [1.54, 1.807) is 0 Å². The summed E-state index contributed by atoms with van der Waals surface area (Å²) in [6.07, 6.45) is 2.37. The molecule has 2 nitrogen and oxygen atoms in total. The Balaban J connectivity index is 1.83. The summed E-state index contributed by atoms with van der Waals surface area (Å²) < 4.78 is 5.79. The summed E-state index contributed by atoms with van der Waals surface area (Å²) in [5.74, 6) is 0. The van der Waals surface area contributed by atoms with E-state index in [0.29, 0.717) is 0 Å². The molecule has 106 valence electrons. The van der Waals surface area contributed by atoms with Gasteiger partial charge in [-0.2, -0.15) is 0 Å². The molecular formula is C16H27NOSi. The first-order valence-electron chi connectivity index (χ1n) is 7.33. The summed E-state index contributed by atoms with van der Waals surface area (Å²) in [4.78, 5) is 0. The zero-order valence-corrected chi connectivity index (χ0v) is 13.8. The lowest BCUT2D eigenvalue weighted by atomic mass is 10.0. The average molecular weight is 277 g/mol. The first kappa shape index (κ1) is 14.8. The van der Waals surface area contributed by atoms with Gasteiger partial charge in [0, 0.05) is 19.7 Å². The molecule has 0 aromatic heterocycles. The van der Waals surface area contributed by atoms with Gasteiger partial charge in [-0.05, 0) is 25.3 Å². The molecule has 19 heavy (non-hydrogen) atoms. The van der Waals surface area contributed by atoms with Crippen LogP contribution in [0.15, 0.2) is 24.3 Å². The van der Waals surface area contributed by atoms with Gasteiger partial charge in [-0.3, -0.25) is 0 Å². The Kier molecular flexibility index (Phi) is 4.49. The molecule has 0 amide bonds. The zero-order valence-electron chi connectivity index (χ0n) is 12.8. The van der Waals surface area contributed by atoms with Gasteiger partial charge < -0.3 is 10.1 Å². The van der Waals surface area contributed by atoms with Crippen LogP contribution >= 0.6 is 0 Å². The third kappa shape index (κ3) is 4.16. The second-order valence-corrected chi connectivity index (χ2v) is 12.0. The molecule has 1 aliphatic heterocycles. The number of nitrogens with one attached hydrogen (secondary N) is 1. The third-order valence-electron chi connectivity index (χ3n) is 3.95. The van der Waals surface area contributed by atoms with Gasteiger partial charge in [0.15, 0.2) is 0 Å². The Morgan fingerprint density at radius 1 is 1.21 bits per heavy atom. The number of hydrogen-bond donors (Lipinski definition) is 1. The maximum Gasteiger partial charge on any atom is 0.0779 e. The number of hydrogen-bond acceptors (Lipinski definition) is 2. The highest BCUT2D eigenvalue weighted by Crippen LogP contribution is 2.23. The molecule has 1 unspecified atom stereocenters. The van der Waals surface area contributed by atoms with Crippen LogP contribution < -0.4 is 10.5 Å². The molecule has 0 saturated carbocycles. The number of ether oxygens (including phenoxy) is 1. The lowest BCUT2D eigenvalue weighted by Gasteiger charge is -2.23. The van der Waals surface area contributed by atoms with Gasteiger partial charge in [0.1, 0.15) is 0 Å². The van der Waals surface area contributed by atoms with E-state index in [1.165, 1.54) is 23.6 Å². The molecule has 0 radical (unpaired) electrons. The summed E-state index contributed by atoms with van der Waals surface area (Å²) in [5.41, 5.74) is 1.42. The van der Waals surface area contributed by atoms with Gasteiger partial charge in [0.05, 0.1) is 13.7 Å². The molecule has 1 fully saturated rings. The van der Waals surface area contributed by atoms with Crippen LogP contribution in [0.1, 0.15) is 25.3 Å². The average Bonchev–Trinajstić information content (AvgIpc) is 2.76. The Bertz CT molecular complexity index is 402. The molecular weight excluding hydrogens is 250 g/mol. The quantitative estimate of drug-likeness (QED) is 0.836. The van der Waals surface area contributed by atoms with Crippen molar-refractivity contribution in [2.45, 2.75) is 51.6 Å². The predicted octanol–water partition coefficient (Wildman–Crippen LogP) is 2.89. The van der Waals surface area contributed by atoms with E-state index < -0.39 is 8.07 Å². The minimum Gasteiger partial charge on any atom is -0.374 e. The van der Waals surface area contributed by atoms with Crippen LogP contribution in [0.4, 0.5) is 0 Å². The highest BCUT2D eigenvalue weighted by molar-refractivity contribution is 6.88. The van der Waals surface area contributed by atoms with Gasteiger partial charge in [-0.15, -0.1) is 0 Å². The highest BCUT2D eigenvalue weighted by Gasteiger charge is 2.28. The Morgan fingerprint density at radius 3 is 2.42 bits per heavy atom. The maximum atomic E-state index is 5.79. The molecule has 1 aromatic carbocycles. The summed E-state index contributed by atoms with van der Waals surface area (Å²) in [6, 6.07) is 9.13. The van der Waals surface area contributed by atoms with Crippen LogP contribution in [0.25, 0.3) is 0 Å². The molecule has 1 aliphatic rings. The molecule has 2 rings (SSSR count). The molecule has 1 atom stereocenters. The second kappa shape index (κ2) is 5.78. The van der Waals surface area contributed by atoms with Crippen molar-refractivity contribution in [3.63, 3.8) is 0 Å². The molecule has 1 N–H and O–H groups in total. The van der Waals surface area contributed by atoms with Gasteiger partial charge in [0.2, 0.25) is 0 Å². The van der Waals surface area contributed by atoms with Gasteiger partial charge in [-0.1, -0.05) is 49.1 Å². The summed E-state index contributed by atoms with van der Waals surface area (Å²) in [5, 5.41) is 5.06. The molecule has 0 spiro atoms. The third-order valence-corrected chi connectivity index (χ3v) is 6.01. The van der Waals surface area contributed by atoms with E-state index in [-0.39, 0.29) is 5.60 Å². The SMILES string of the molecule is CC1(CNCc2ccc([Si](C)(C)C)cc2)CCCO1. The van der Waals surface area contributed by atoms with Gasteiger partial charge in [-0.25, -0.2) is 0 Å². The molecule has 1 heterocycles.